The molecule has 0 bridgehead atoms. The van der Waals surface area contributed by atoms with Gasteiger partial charge in [-0.25, -0.2) is 0 Å². The molecule has 0 unspecified atom stereocenters. The third-order valence-corrected chi connectivity index (χ3v) is 4.27. The summed E-state index contributed by atoms with van der Waals surface area (Å²) in [6, 6.07) is 1.30. The number of benzene rings is 1. The van der Waals surface area contributed by atoms with Gasteiger partial charge in [-0.05, 0) is 18.2 Å². The summed E-state index contributed by atoms with van der Waals surface area (Å²) in [6.07, 6.45) is -10.2. The number of thiophene rings is 1. The average Bonchev–Trinajstić information content (AvgIpc) is 2.87. The van der Waals surface area contributed by atoms with Crippen molar-refractivity contribution >= 4 is 40.2 Å². The van der Waals surface area contributed by atoms with Crippen molar-refractivity contribution in [2.75, 3.05) is 5.32 Å². The summed E-state index contributed by atoms with van der Waals surface area (Å²) in [5.41, 5.74) is -4.61. The van der Waals surface area contributed by atoms with Crippen molar-refractivity contribution in [2.45, 2.75) is 12.4 Å². The van der Waals surface area contributed by atoms with Gasteiger partial charge in [0, 0.05) is 11.8 Å². The fourth-order valence-corrected chi connectivity index (χ4v) is 2.93. The third kappa shape index (κ3) is 4.43. The van der Waals surface area contributed by atoms with E-state index in [1.807, 2.05) is 5.32 Å². The van der Waals surface area contributed by atoms with Gasteiger partial charge in [0.05, 0.1) is 16.1 Å². The van der Waals surface area contributed by atoms with Crippen LogP contribution in [0.5, 0.6) is 0 Å². The van der Waals surface area contributed by atoms with Gasteiger partial charge in [0.15, 0.2) is 4.34 Å². The van der Waals surface area contributed by atoms with Crippen molar-refractivity contribution in [1.82, 2.24) is 0 Å². The molecule has 1 amide bonds. The highest BCUT2D eigenvalue weighted by Crippen LogP contribution is 2.38. The maximum Gasteiger partial charge on any atom is 0.416 e. The second-order valence-electron chi connectivity index (χ2n) is 4.78. The SMILES string of the molecule is O=C(Nc1cc(C(F)(F)F)cc(C(F)(F)F)c1)c1cc([N+](=O)[O-])c(Cl)s1. The molecule has 0 saturated heterocycles. The van der Waals surface area contributed by atoms with E-state index < -0.39 is 45.7 Å². The van der Waals surface area contributed by atoms with Crippen molar-refractivity contribution < 1.29 is 36.1 Å². The lowest BCUT2D eigenvalue weighted by Crippen LogP contribution is -2.15. The molecule has 2 rings (SSSR count). The standard InChI is InChI=1S/C13H5ClF6N2O3S/c14-10-8(22(24)25)4-9(26-10)11(23)21-7-2-5(12(15,16)17)1-6(3-7)13(18,19)20/h1-4H,(H,21,23). The van der Waals surface area contributed by atoms with Gasteiger partial charge in [-0.1, -0.05) is 11.6 Å². The van der Waals surface area contributed by atoms with E-state index in [4.69, 9.17) is 11.6 Å². The smallest absolute Gasteiger partial charge is 0.321 e. The lowest BCUT2D eigenvalue weighted by Gasteiger charge is -2.14. The van der Waals surface area contributed by atoms with Gasteiger partial charge in [0.25, 0.3) is 11.6 Å². The highest BCUT2D eigenvalue weighted by molar-refractivity contribution is 7.18. The number of hydrogen-bond donors (Lipinski definition) is 1. The minimum absolute atomic E-state index is 0.0947. The maximum atomic E-state index is 12.8. The Morgan fingerprint density at radius 1 is 1.04 bits per heavy atom. The Morgan fingerprint density at radius 3 is 1.92 bits per heavy atom. The number of carbonyl (C=O) groups is 1. The summed E-state index contributed by atoms with van der Waals surface area (Å²) in [7, 11) is 0. The Labute approximate surface area is 149 Å². The van der Waals surface area contributed by atoms with Crippen molar-refractivity contribution in [1.29, 1.82) is 0 Å². The molecule has 26 heavy (non-hydrogen) atoms. The van der Waals surface area contributed by atoms with Crippen LogP contribution in [0.3, 0.4) is 0 Å². The molecule has 1 heterocycles. The zero-order valence-electron chi connectivity index (χ0n) is 12.0. The lowest BCUT2D eigenvalue weighted by molar-refractivity contribution is -0.384. The van der Waals surface area contributed by atoms with Crippen LogP contribution in [-0.4, -0.2) is 10.8 Å². The topological polar surface area (TPSA) is 72.2 Å². The number of hydrogen-bond acceptors (Lipinski definition) is 4. The predicted molar refractivity (Wildman–Crippen MR) is 80.4 cm³/mol. The van der Waals surface area contributed by atoms with E-state index >= 15 is 0 Å². The van der Waals surface area contributed by atoms with Gasteiger partial charge in [0.2, 0.25) is 0 Å². The molecule has 1 aromatic heterocycles. The molecule has 0 fully saturated rings. The van der Waals surface area contributed by atoms with Crippen LogP contribution in [0.2, 0.25) is 4.34 Å². The van der Waals surface area contributed by atoms with E-state index in [2.05, 4.69) is 0 Å². The molecule has 0 aliphatic carbocycles. The van der Waals surface area contributed by atoms with Crippen molar-refractivity contribution in [2.24, 2.45) is 0 Å². The first kappa shape index (κ1) is 20.0. The summed E-state index contributed by atoms with van der Waals surface area (Å²) < 4.78 is 76.3. The molecular formula is C13H5ClF6N2O3S. The first-order chi connectivity index (χ1) is 11.8. The van der Waals surface area contributed by atoms with Crippen LogP contribution in [0.4, 0.5) is 37.7 Å². The number of carbonyl (C=O) groups excluding carboxylic acids is 1. The molecule has 0 atom stereocenters. The fraction of sp³-hybridized carbons (Fsp3) is 0.154. The number of nitro groups is 1. The van der Waals surface area contributed by atoms with E-state index in [0.717, 1.165) is 6.07 Å². The summed E-state index contributed by atoms with van der Waals surface area (Å²) in [4.78, 5) is 21.4. The Morgan fingerprint density at radius 2 is 1.54 bits per heavy atom. The Hall–Kier alpha value is -2.34. The number of anilines is 1. The minimum atomic E-state index is -5.08. The van der Waals surface area contributed by atoms with Gasteiger partial charge in [-0.3, -0.25) is 14.9 Å². The zero-order valence-corrected chi connectivity index (χ0v) is 13.6. The van der Waals surface area contributed by atoms with Gasteiger partial charge >= 0.3 is 12.4 Å². The predicted octanol–water partition coefficient (Wildman–Crippen LogP) is 5.60. The summed E-state index contributed by atoms with van der Waals surface area (Å²) >= 11 is 6.01. The van der Waals surface area contributed by atoms with E-state index in [1.165, 1.54) is 0 Å². The fourth-order valence-electron chi connectivity index (χ4n) is 1.82. The number of nitrogens with zero attached hydrogens (tertiary/aromatic N) is 1. The second-order valence-corrected chi connectivity index (χ2v) is 6.43. The van der Waals surface area contributed by atoms with Crippen molar-refractivity contribution in [3.8, 4) is 0 Å². The molecule has 13 heteroatoms. The van der Waals surface area contributed by atoms with Crippen molar-refractivity contribution in [3.05, 3.63) is 54.7 Å². The van der Waals surface area contributed by atoms with Crippen LogP contribution in [0, 0.1) is 10.1 Å². The molecule has 0 aliphatic heterocycles. The number of rotatable bonds is 3. The average molecular weight is 419 g/mol. The molecule has 2 aromatic rings. The largest absolute Gasteiger partial charge is 0.416 e. The molecule has 5 nitrogen and oxygen atoms in total. The monoisotopic (exact) mass is 418 g/mol. The molecule has 0 spiro atoms. The van der Waals surface area contributed by atoms with E-state index in [9.17, 15) is 41.3 Å². The molecule has 140 valence electrons. The molecule has 1 aromatic carbocycles. The van der Waals surface area contributed by atoms with Crippen LogP contribution in [0.1, 0.15) is 20.8 Å². The van der Waals surface area contributed by atoms with Gasteiger partial charge < -0.3 is 5.32 Å². The molecule has 0 radical (unpaired) electrons. The number of amides is 1. The number of halogens is 7. The van der Waals surface area contributed by atoms with E-state index in [1.54, 1.807) is 0 Å². The highest BCUT2D eigenvalue weighted by atomic mass is 35.5. The van der Waals surface area contributed by atoms with Gasteiger partial charge in [-0.15, -0.1) is 11.3 Å². The zero-order chi connectivity index (χ0) is 19.9. The normalized spacial score (nSPS) is 12.1. The van der Waals surface area contributed by atoms with Crippen LogP contribution in [-0.2, 0) is 12.4 Å². The summed E-state index contributed by atoms with van der Waals surface area (Å²) in [5.74, 6) is -1.14. The summed E-state index contributed by atoms with van der Waals surface area (Å²) in [5, 5.41) is 12.5. The number of alkyl halides is 6. The first-order valence-corrected chi connectivity index (χ1v) is 7.53. The second kappa shape index (κ2) is 6.76. The first-order valence-electron chi connectivity index (χ1n) is 6.33. The van der Waals surface area contributed by atoms with Crippen LogP contribution in [0.15, 0.2) is 24.3 Å². The highest BCUT2D eigenvalue weighted by Gasteiger charge is 2.37. The molecule has 0 aliphatic rings. The third-order valence-electron chi connectivity index (χ3n) is 2.93. The Kier molecular flexibility index (Phi) is 5.19. The van der Waals surface area contributed by atoms with Gasteiger partial charge in [-0.2, -0.15) is 26.3 Å². The van der Waals surface area contributed by atoms with Crippen LogP contribution >= 0.6 is 22.9 Å². The molecular weight excluding hydrogens is 414 g/mol. The van der Waals surface area contributed by atoms with Gasteiger partial charge in [0.1, 0.15) is 4.88 Å². The number of nitrogens with one attached hydrogen (secondary N) is 1. The van der Waals surface area contributed by atoms with Crippen molar-refractivity contribution in [3.63, 3.8) is 0 Å². The van der Waals surface area contributed by atoms with E-state index in [-0.39, 0.29) is 15.3 Å². The lowest BCUT2D eigenvalue weighted by atomic mass is 10.1. The summed E-state index contributed by atoms with van der Waals surface area (Å²) in [6.45, 7) is 0. The minimum Gasteiger partial charge on any atom is -0.321 e. The van der Waals surface area contributed by atoms with Crippen LogP contribution in [0.25, 0.3) is 0 Å². The van der Waals surface area contributed by atoms with Crippen LogP contribution < -0.4 is 5.32 Å². The quantitative estimate of drug-likeness (QED) is 0.400. The Bertz CT molecular complexity index is 845. The van der Waals surface area contributed by atoms with E-state index in [0.29, 0.717) is 23.5 Å². The Balaban J connectivity index is 2.40. The maximum absolute atomic E-state index is 12.8. The molecule has 1 N–H and O–H groups in total. The molecule has 0 saturated carbocycles.